The van der Waals surface area contributed by atoms with E-state index < -0.39 is 15.8 Å². The van der Waals surface area contributed by atoms with Gasteiger partial charge in [0, 0.05) is 32.4 Å². The van der Waals surface area contributed by atoms with Crippen molar-refractivity contribution in [2.24, 2.45) is 5.73 Å². The van der Waals surface area contributed by atoms with Gasteiger partial charge in [-0.05, 0) is 23.8 Å². The minimum absolute atomic E-state index is 0.0478. The number of amides is 1. The molecule has 12 heteroatoms. The van der Waals surface area contributed by atoms with Crippen molar-refractivity contribution in [3.8, 4) is 0 Å². The van der Waals surface area contributed by atoms with Gasteiger partial charge in [0.1, 0.15) is 11.3 Å². The fourth-order valence-electron chi connectivity index (χ4n) is 3.73. The molecular weight excluding hydrogens is 533 g/mol. The molecule has 3 N–H and O–H groups in total. The van der Waals surface area contributed by atoms with Crippen LogP contribution in [0.25, 0.3) is 11.0 Å². The molecule has 2 aromatic carbocycles. The molecule has 7 nitrogen and oxygen atoms in total. The molecule has 0 unspecified atom stereocenters. The van der Waals surface area contributed by atoms with Crippen molar-refractivity contribution in [2.75, 3.05) is 23.7 Å². The number of carbonyl (C=O) groups is 1. The molecule has 0 spiro atoms. The van der Waals surface area contributed by atoms with Gasteiger partial charge in [-0.3, -0.25) is 4.79 Å². The van der Waals surface area contributed by atoms with E-state index in [-0.39, 0.29) is 43.0 Å². The monoisotopic (exact) mass is 562 g/mol. The van der Waals surface area contributed by atoms with Crippen molar-refractivity contribution in [1.82, 2.24) is 9.97 Å². The highest BCUT2D eigenvalue weighted by atomic mass is 35.5. The third-order valence-corrected chi connectivity index (χ3v) is 7.94. The Kier molecular flexibility index (Phi) is 10.5. The number of nitrogens with zero attached hydrogens (tertiary/aromatic N) is 2. The Morgan fingerprint density at radius 3 is 2.25 bits per heavy atom. The Labute approximate surface area is 219 Å². The van der Waals surface area contributed by atoms with Gasteiger partial charge in [0.2, 0.25) is 6.41 Å². The van der Waals surface area contributed by atoms with Crippen molar-refractivity contribution in [3.05, 3.63) is 51.8 Å². The zero-order valence-corrected chi connectivity index (χ0v) is 22.7. The number of sulfone groups is 1. The number of nitrogens with two attached hydrogens (primary N) is 1. The Morgan fingerprint density at radius 2 is 1.72 bits per heavy atom. The highest BCUT2D eigenvalue weighted by molar-refractivity contribution is 7.91. The molecule has 0 saturated carbocycles. The fourth-order valence-corrected chi connectivity index (χ4v) is 5.35. The van der Waals surface area contributed by atoms with Crippen LogP contribution in [0.5, 0.6) is 0 Å². The lowest BCUT2D eigenvalue weighted by Gasteiger charge is -2.34. The Balaban J connectivity index is 0.000000850. The molecule has 1 fully saturated rings. The number of fused-ring (bicyclic) bond motifs is 1. The second-order valence-corrected chi connectivity index (χ2v) is 10.9. The summed E-state index contributed by atoms with van der Waals surface area (Å²) in [7, 11) is -3.25. The fraction of sp³-hybridized carbons (Fsp3) is 0.417. The average Bonchev–Trinajstić information content (AvgIpc) is 3.24. The van der Waals surface area contributed by atoms with Crippen LogP contribution in [0.1, 0.15) is 45.0 Å². The van der Waals surface area contributed by atoms with Gasteiger partial charge in [-0.1, -0.05) is 56.1 Å². The molecule has 0 bridgehead atoms. The summed E-state index contributed by atoms with van der Waals surface area (Å²) in [6.45, 7) is 5.95. The number of carbonyl (C=O) groups excluding carboxylic acids is 1. The predicted molar refractivity (Wildman–Crippen MR) is 141 cm³/mol. The number of aromatic nitrogens is 2. The van der Waals surface area contributed by atoms with Gasteiger partial charge < -0.3 is 15.6 Å². The van der Waals surface area contributed by atoms with Crippen LogP contribution in [-0.4, -0.2) is 49.6 Å². The lowest BCUT2D eigenvalue weighted by molar-refractivity contribution is -0.106. The Morgan fingerprint density at radius 1 is 1.17 bits per heavy atom. The summed E-state index contributed by atoms with van der Waals surface area (Å²) < 4.78 is 51.0. The quantitative estimate of drug-likeness (QED) is 0.392. The average molecular weight is 563 g/mol. The van der Waals surface area contributed by atoms with Gasteiger partial charge in [0.15, 0.2) is 9.84 Å². The number of halogens is 4. The van der Waals surface area contributed by atoms with E-state index in [4.69, 9.17) is 28.0 Å². The van der Waals surface area contributed by atoms with E-state index >= 15 is 0 Å². The van der Waals surface area contributed by atoms with Crippen LogP contribution in [0.15, 0.2) is 35.2 Å². The highest BCUT2D eigenvalue weighted by Crippen LogP contribution is 2.41. The minimum atomic E-state index is -3.25. The van der Waals surface area contributed by atoms with Gasteiger partial charge in [0.25, 0.3) is 5.92 Å². The van der Waals surface area contributed by atoms with E-state index in [1.807, 2.05) is 13.8 Å². The Hall–Kier alpha value is -2.43. The van der Waals surface area contributed by atoms with E-state index in [1.54, 1.807) is 42.2 Å². The van der Waals surface area contributed by atoms with Gasteiger partial charge in [0.05, 0.1) is 31.9 Å². The second-order valence-electron chi connectivity index (χ2n) is 7.80. The van der Waals surface area contributed by atoms with Crippen molar-refractivity contribution in [3.63, 3.8) is 0 Å². The van der Waals surface area contributed by atoms with Crippen LogP contribution in [-0.2, 0) is 21.1 Å². The summed E-state index contributed by atoms with van der Waals surface area (Å²) in [4.78, 5) is 18.4. The SMILES string of the molecule is CC.CCS(=O)(=O)c1ccc(Cc2nc3c(Cl)c(N4CCC(F)(F)CC4)c(Cl)cc3[nH]2)cc1.NC=O. The van der Waals surface area contributed by atoms with Gasteiger partial charge in [-0.2, -0.15) is 0 Å². The van der Waals surface area contributed by atoms with Crippen molar-refractivity contribution < 1.29 is 22.0 Å². The molecule has 3 aromatic rings. The van der Waals surface area contributed by atoms with E-state index in [0.717, 1.165) is 5.56 Å². The summed E-state index contributed by atoms with van der Waals surface area (Å²) in [6.07, 6.45) is 0.209. The molecule has 2 heterocycles. The third-order valence-electron chi connectivity index (χ3n) is 5.54. The molecule has 0 radical (unpaired) electrons. The molecule has 0 atom stereocenters. The van der Waals surface area contributed by atoms with Crippen LogP contribution in [0.3, 0.4) is 0 Å². The maximum absolute atomic E-state index is 13.5. The summed E-state index contributed by atoms with van der Waals surface area (Å²) in [5.74, 6) is -1.97. The first-order chi connectivity index (χ1) is 17.0. The van der Waals surface area contributed by atoms with Crippen LogP contribution in [0.2, 0.25) is 10.0 Å². The number of hydrogen-bond acceptors (Lipinski definition) is 5. The van der Waals surface area contributed by atoms with E-state index in [0.29, 0.717) is 39.0 Å². The number of alkyl halides is 2. The standard InChI is InChI=1S/C21H21Cl2F2N3O2S.C2H6.CH3NO/c1-2-31(29,30)14-5-3-13(4-6-14)11-17-26-16-12-15(22)20(18(23)19(16)27-17)28-9-7-21(24,25)8-10-28;1-2;2-1-3/h3-6,12H,2,7-11H2,1H3,(H,26,27);1-2H3;1H,(H2,2,3). The van der Waals surface area contributed by atoms with Crippen molar-refractivity contribution in [1.29, 1.82) is 0 Å². The highest BCUT2D eigenvalue weighted by Gasteiger charge is 2.35. The summed E-state index contributed by atoms with van der Waals surface area (Å²) in [5, 5.41) is 0.714. The number of imidazole rings is 1. The predicted octanol–water partition coefficient (Wildman–Crippen LogP) is 5.62. The Bertz CT molecular complexity index is 1270. The zero-order valence-electron chi connectivity index (χ0n) is 20.3. The molecule has 0 aliphatic carbocycles. The van der Waals surface area contributed by atoms with E-state index in [9.17, 15) is 17.2 Å². The summed E-state index contributed by atoms with van der Waals surface area (Å²) in [5.41, 5.74) is 6.76. The number of hydrogen-bond donors (Lipinski definition) is 2. The largest absolute Gasteiger partial charge is 0.372 e. The normalized spacial score (nSPS) is 14.9. The molecule has 1 aliphatic rings. The first kappa shape index (κ1) is 29.8. The van der Waals surface area contributed by atoms with Crippen LogP contribution in [0.4, 0.5) is 14.5 Å². The van der Waals surface area contributed by atoms with E-state index in [2.05, 4.69) is 15.7 Å². The molecule has 1 amide bonds. The number of rotatable bonds is 5. The lowest BCUT2D eigenvalue weighted by atomic mass is 10.1. The zero-order chi connectivity index (χ0) is 27.1. The molecule has 198 valence electrons. The van der Waals surface area contributed by atoms with E-state index in [1.165, 1.54) is 0 Å². The maximum atomic E-state index is 13.5. The number of primary amides is 1. The molecule has 4 rings (SSSR count). The van der Waals surface area contributed by atoms with Crippen LogP contribution >= 0.6 is 23.2 Å². The number of benzene rings is 2. The molecule has 1 saturated heterocycles. The number of nitrogens with one attached hydrogen (secondary N) is 1. The van der Waals surface area contributed by atoms with Crippen LogP contribution in [0, 0.1) is 0 Å². The molecule has 1 aromatic heterocycles. The number of piperidine rings is 1. The first-order valence-corrected chi connectivity index (χ1v) is 13.9. The summed E-state index contributed by atoms with van der Waals surface area (Å²) in [6, 6.07) is 8.39. The molecule has 1 aliphatic heterocycles. The third kappa shape index (κ3) is 7.08. The lowest BCUT2D eigenvalue weighted by Crippen LogP contribution is -2.39. The number of H-pyrrole nitrogens is 1. The van der Waals surface area contributed by atoms with Crippen molar-refractivity contribution in [2.45, 2.75) is 50.9 Å². The van der Waals surface area contributed by atoms with Gasteiger partial charge >= 0.3 is 0 Å². The van der Waals surface area contributed by atoms with Crippen LogP contribution < -0.4 is 10.6 Å². The first-order valence-electron chi connectivity index (χ1n) is 11.5. The van der Waals surface area contributed by atoms with Gasteiger partial charge in [-0.25, -0.2) is 22.2 Å². The second kappa shape index (κ2) is 12.7. The molecular formula is C24H30Cl2F2N4O3S. The minimum Gasteiger partial charge on any atom is -0.372 e. The van der Waals surface area contributed by atoms with Crippen molar-refractivity contribution >= 4 is 56.2 Å². The van der Waals surface area contributed by atoms with Gasteiger partial charge in [-0.15, -0.1) is 0 Å². The topological polar surface area (TPSA) is 109 Å². The number of aromatic amines is 1. The maximum Gasteiger partial charge on any atom is 0.251 e. The molecule has 36 heavy (non-hydrogen) atoms. The number of anilines is 1. The summed E-state index contributed by atoms with van der Waals surface area (Å²) >= 11 is 13.0. The smallest absolute Gasteiger partial charge is 0.251 e.